The van der Waals surface area contributed by atoms with Gasteiger partial charge < -0.3 is 34.4 Å². The number of piperidine rings is 1. The van der Waals surface area contributed by atoms with Gasteiger partial charge in [0.15, 0.2) is 11.4 Å². The number of aromatic nitrogens is 6. The molecule has 1 spiro atoms. The van der Waals surface area contributed by atoms with E-state index < -0.39 is 47.4 Å². The van der Waals surface area contributed by atoms with E-state index in [-0.39, 0.29) is 77.0 Å². The molecule has 20 heteroatoms. The molecule has 0 bridgehead atoms. The van der Waals surface area contributed by atoms with Gasteiger partial charge in [0, 0.05) is 46.2 Å². The molecule has 16 nitrogen and oxygen atoms in total. The summed E-state index contributed by atoms with van der Waals surface area (Å²) in [5, 5.41) is 17.2. The number of benzene rings is 1. The van der Waals surface area contributed by atoms with Crippen molar-refractivity contribution in [2.24, 2.45) is 0 Å². The van der Waals surface area contributed by atoms with Crippen LogP contribution in [-0.2, 0) is 32.6 Å². The second-order valence-electron chi connectivity index (χ2n) is 13.2. The molecular weight excluding hydrogens is 725 g/mol. The van der Waals surface area contributed by atoms with Crippen LogP contribution in [0.4, 0.5) is 24.8 Å². The highest BCUT2D eigenvalue weighted by Crippen LogP contribution is 2.48. The molecule has 1 aromatic carbocycles. The van der Waals surface area contributed by atoms with Crippen molar-refractivity contribution in [3.8, 4) is 5.75 Å². The maximum absolute atomic E-state index is 14.4. The summed E-state index contributed by atoms with van der Waals surface area (Å²) in [7, 11) is 0. The normalized spacial score (nSPS) is 18.5. The fourth-order valence-corrected chi connectivity index (χ4v) is 7.44. The largest absolute Gasteiger partial charge is 0.504 e. The summed E-state index contributed by atoms with van der Waals surface area (Å²) in [5.74, 6) is -1.34. The van der Waals surface area contributed by atoms with E-state index in [0.717, 1.165) is 16.6 Å². The number of fused-ring (bicyclic) bond motifs is 3. The van der Waals surface area contributed by atoms with Crippen molar-refractivity contribution in [1.29, 1.82) is 0 Å². The van der Waals surface area contributed by atoms with Crippen LogP contribution >= 0.6 is 11.6 Å². The zero-order valence-corrected chi connectivity index (χ0v) is 29.5. The average molecular weight is 759 g/mol. The Kier molecular flexibility index (Phi) is 9.04. The van der Waals surface area contributed by atoms with Crippen LogP contribution in [0, 0.1) is 6.92 Å². The van der Waals surface area contributed by atoms with Gasteiger partial charge in [-0.05, 0) is 44.9 Å². The molecule has 3 amide bonds. The third-order valence-corrected chi connectivity index (χ3v) is 10.3. The number of rotatable bonds is 5. The maximum Gasteiger partial charge on any atom is 0.416 e. The molecule has 3 aliphatic rings. The number of hydrogen-bond acceptors (Lipinski definition) is 11. The first-order valence-electron chi connectivity index (χ1n) is 16.8. The molecule has 2 fully saturated rings. The highest BCUT2D eigenvalue weighted by atomic mass is 35.5. The molecule has 2 N–H and O–H groups in total. The Morgan fingerprint density at radius 2 is 1.77 bits per heavy atom. The third-order valence-electron chi connectivity index (χ3n) is 9.96. The summed E-state index contributed by atoms with van der Waals surface area (Å²) in [6, 6.07) is 2.58. The Bertz CT molecular complexity index is 2210. The first-order valence-corrected chi connectivity index (χ1v) is 17.1. The van der Waals surface area contributed by atoms with Crippen LogP contribution in [0.1, 0.15) is 65.8 Å². The number of likely N-dealkylation sites (tertiary alicyclic amines) is 1. The maximum atomic E-state index is 14.4. The Morgan fingerprint density at radius 1 is 1.08 bits per heavy atom. The lowest BCUT2D eigenvalue weighted by atomic mass is 9.85. The molecule has 7 rings (SSSR count). The Morgan fingerprint density at radius 3 is 2.42 bits per heavy atom. The number of aromatic hydroxyl groups is 1. The second-order valence-corrected chi connectivity index (χ2v) is 13.6. The minimum atomic E-state index is -4.63. The molecule has 4 aromatic rings. The molecule has 3 aromatic heterocycles. The molecular formula is C33H34ClF3N10O6. The van der Waals surface area contributed by atoms with Crippen molar-refractivity contribution in [2.45, 2.75) is 58.0 Å². The number of amides is 3. The topological polar surface area (TPSA) is 180 Å². The highest BCUT2D eigenvalue weighted by Gasteiger charge is 2.51. The number of carbonyl (C=O) groups is 3. The first-order chi connectivity index (χ1) is 25.1. The van der Waals surface area contributed by atoms with Gasteiger partial charge in [-0.25, -0.2) is 9.97 Å². The van der Waals surface area contributed by atoms with E-state index in [1.807, 2.05) is 4.90 Å². The number of hydrogen-bond donors (Lipinski definition) is 2. The van der Waals surface area contributed by atoms with Gasteiger partial charge in [0.05, 0.1) is 39.3 Å². The molecule has 2 saturated heterocycles. The lowest BCUT2D eigenvalue weighted by Crippen LogP contribution is -2.48. The number of anilines is 2. The molecule has 0 aliphatic carbocycles. The van der Waals surface area contributed by atoms with Gasteiger partial charge in [-0.3, -0.25) is 19.2 Å². The van der Waals surface area contributed by atoms with Crippen LogP contribution in [-0.4, -0.2) is 101 Å². The lowest BCUT2D eigenvalue weighted by Gasteiger charge is -2.39. The summed E-state index contributed by atoms with van der Waals surface area (Å²) < 4.78 is 48.9. The van der Waals surface area contributed by atoms with Gasteiger partial charge in [0.2, 0.25) is 23.5 Å². The van der Waals surface area contributed by atoms with Crippen molar-refractivity contribution in [1.82, 2.24) is 38.9 Å². The number of carbonyl (C=O) groups excluding carboxylic acids is 3. The van der Waals surface area contributed by atoms with Crippen LogP contribution in [0.3, 0.4) is 0 Å². The van der Waals surface area contributed by atoms with E-state index in [4.69, 9.17) is 16.3 Å². The fraction of sp³-hybridized carbons (Fsp3) is 0.455. The number of halogens is 4. The van der Waals surface area contributed by atoms with E-state index in [0.29, 0.717) is 37.9 Å². The van der Waals surface area contributed by atoms with Crippen molar-refractivity contribution in [3.05, 3.63) is 68.1 Å². The number of alkyl halides is 3. The second kappa shape index (κ2) is 13.3. The smallest absolute Gasteiger partial charge is 0.416 e. The van der Waals surface area contributed by atoms with Gasteiger partial charge in [0.25, 0.3) is 11.5 Å². The molecule has 53 heavy (non-hydrogen) atoms. The zero-order chi connectivity index (χ0) is 38.0. The number of piperazine rings is 1. The standard InChI is InChI=1S/C33H34ClF3N10O6/c1-17-27(50)25(39-16-38-17)29(52)44-8-6-32(7-9-44)24-26(18(2)53-32)46(15-23(49)40-22-5-4-20(14-21(22)34)33(35,36)37)31-41-30(42-47(31)28(24)51)45-12-10-43(11-13-45)19(3)48/h4-5,14,16,18,50H,6-13,15H2,1-3H3,(H,40,49)/t18-/m1/s1. The van der Waals surface area contributed by atoms with Gasteiger partial charge in [-0.15, -0.1) is 5.10 Å². The number of ether oxygens (including phenoxy) is 1. The van der Waals surface area contributed by atoms with Crippen LogP contribution < -0.4 is 15.8 Å². The summed E-state index contributed by atoms with van der Waals surface area (Å²) in [6.45, 7) is 6.21. The first kappa shape index (κ1) is 36.1. The summed E-state index contributed by atoms with van der Waals surface area (Å²) >= 11 is 6.13. The fourth-order valence-electron chi connectivity index (χ4n) is 7.22. The van der Waals surface area contributed by atoms with Crippen molar-refractivity contribution >= 4 is 46.7 Å². The SMILES string of the molecule is CC(=O)N1CCN(c2nc3n(CC(=O)Nc4ccc(C(F)(F)F)cc4Cl)c4c(c(=O)n3n2)C2(CCN(C(=O)c3ncnc(C)c3O)CC2)O[C@@H]4C)CC1. The highest BCUT2D eigenvalue weighted by molar-refractivity contribution is 6.33. The quantitative estimate of drug-likeness (QED) is 0.306. The monoisotopic (exact) mass is 758 g/mol. The molecule has 280 valence electrons. The molecule has 6 heterocycles. The summed E-state index contributed by atoms with van der Waals surface area (Å²) in [5.41, 5.74) is -2.03. The zero-order valence-electron chi connectivity index (χ0n) is 28.8. The minimum Gasteiger partial charge on any atom is -0.504 e. The Hall–Kier alpha value is -5.30. The van der Waals surface area contributed by atoms with Crippen molar-refractivity contribution < 1.29 is 37.4 Å². The lowest BCUT2D eigenvalue weighted by molar-refractivity contribution is -0.137. The van der Waals surface area contributed by atoms with E-state index in [9.17, 15) is 37.5 Å². The van der Waals surface area contributed by atoms with E-state index in [2.05, 4.69) is 25.4 Å². The van der Waals surface area contributed by atoms with E-state index in [1.54, 1.807) is 18.7 Å². The number of nitrogens with one attached hydrogen (secondary N) is 1. The molecule has 0 radical (unpaired) electrons. The number of aryl methyl sites for hydroxylation is 1. The average Bonchev–Trinajstić information content (AvgIpc) is 3.68. The van der Waals surface area contributed by atoms with Crippen LogP contribution in [0.15, 0.2) is 29.3 Å². The van der Waals surface area contributed by atoms with Crippen molar-refractivity contribution in [2.75, 3.05) is 49.5 Å². The van der Waals surface area contributed by atoms with Crippen LogP contribution in [0.5, 0.6) is 5.75 Å². The molecule has 3 aliphatic heterocycles. The summed E-state index contributed by atoms with van der Waals surface area (Å²) in [4.78, 5) is 70.9. The Balaban J connectivity index is 1.25. The molecule has 0 unspecified atom stereocenters. The molecule has 0 saturated carbocycles. The molecule has 1 atom stereocenters. The van der Waals surface area contributed by atoms with Crippen molar-refractivity contribution in [3.63, 3.8) is 0 Å². The third kappa shape index (κ3) is 6.40. The van der Waals surface area contributed by atoms with Gasteiger partial charge in [0.1, 0.15) is 18.5 Å². The summed E-state index contributed by atoms with van der Waals surface area (Å²) in [6.07, 6.45) is -3.81. The predicted octanol–water partition coefficient (Wildman–Crippen LogP) is 2.90. The van der Waals surface area contributed by atoms with E-state index >= 15 is 0 Å². The van der Waals surface area contributed by atoms with Crippen LogP contribution in [0.25, 0.3) is 5.78 Å². The predicted molar refractivity (Wildman–Crippen MR) is 182 cm³/mol. The van der Waals surface area contributed by atoms with E-state index in [1.165, 1.54) is 22.7 Å². The Labute approximate surface area is 304 Å². The minimum absolute atomic E-state index is 0.0288. The van der Waals surface area contributed by atoms with Gasteiger partial charge >= 0.3 is 6.18 Å². The van der Waals surface area contributed by atoms with Gasteiger partial charge in [-0.2, -0.15) is 22.7 Å². The van der Waals surface area contributed by atoms with Crippen LogP contribution in [0.2, 0.25) is 5.02 Å². The van der Waals surface area contributed by atoms with Gasteiger partial charge in [-0.1, -0.05) is 11.6 Å². The number of nitrogens with zero attached hydrogens (tertiary/aromatic N) is 9.